The number of hydrogen-bond donors (Lipinski definition) is 13. The standard InChI is InChI=1S/C72H93N17O14/c1-5-76-70(101)60-18-12-26-89(60)71(102)55(17-11-25-77-72(73)74)83-65(96)46(27-42(2)3)30-61(92)56(33-50-38-88(41-81-50)37-45-13-7-6-8-14-45)84-66(97)47(28-44-19-21-51(91)22-20-44)31-62(93)59(39-103-64(95)36-78-43(4)90)87-68(99)57(29-48-34-79-53-16-10-9-15-52(48)53)85-69(100)58(32-49-35-75-40-80-49)86-67(98)54-23-24-63(94)82-54/h6-10,13-16,19-22,34-35,38,40-42,46-47,54-60,79,91H,5,11-12,17-18,23-33,36-37,39H2,1-4H3,(H,75,80)(H,76,101)(H,78,90)(H,82,94)(H,83,96)(H,84,97)(H,85,100)(H,86,98)(H,87,99)(H4,73,74,77). The van der Waals surface area contributed by atoms with E-state index in [4.69, 9.17) is 16.2 Å². The van der Waals surface area contributed by atoms with Crippen LogP contribution in [0.3, 0.4) is 0 Å². The van der Waals surface area contributed by atoms with Gasteiger partial charge in [0.1, 0.15) is 55.2 Å². The molecular formula is C72H93N17O14. The third-order valence-electron chi connectivity index (χ3n) is 17.8. The fraction of sp³-hybridized carbons (Fsp3) is 0.458. The molecule has 0 bridgehead atoms. The smallest absolute Gasteiger partial charge is 0.325 e. The Morgan fingerprint density at radius 3 is 2.10 bits per heavy atom. The van der Waals surface area contributed by atoms with Gasteiger partial charge >= 0.3 is 5.97 Å². The molecule has 9 unspecified atom stereocenters. The number of ketones is 2. The highest BCUT2D eigenvalue weighted by molar-refractivity contribution is 6.00. The number of phenols is 1. The Bertz CT molecular complexity index is 3960. The number of aromatic amines is 2. The third-order valence-corrected chi connectivity index (χ3v) is 17.8. The Balaban J connectivity index is 1.11. The lowest BCUT2D eigenvalue weighted by atomic mass is 9.87. The van der Waals surface area contributed by atoms with Crippen molar-refractivity contribution in [3.05, 3.63) is 138 Å². The molecule has 103 heavy (non-hydrogen) atoms. The van der Waals surface area contributed by atoms with E-state index in [-0.39, 0.29) is 100 Å². The number of likely N-dealkylation sites (tertiary alicyclic amines) is 1. The molecule has 0 aliphatic carbocycles. The molecule has 0 saturated carbocycles. The van der Waals surface area contributed by atoms with E-state index >= 15 is 19.2 Å². The highest BCUT2D eigenvalue weighted by Crippen LogP contribution is 2.26. The number of amides is 9. The number of imidazole rings is 2. The molecule has 8 rings (SSSR count). The third kappa shape index (κ3) is 23.7. The first-order valence-corrected chi connectivity index (χ1v) is 34.6. The van der Waals surface area contributed by atoms with Gasteiger partial charge in [-0.05, 0) is 92.7 Å². The van der Waals surface area contributed by atoms with Gasteiger partial charge in [0.15, 0.2) is 17.5 Å². The van der Waals surface area contributed by atoms with E-state index in [1.807, 2.05) is 44.2 Å². The van der Waals surface area contributed by atoms with Crippen molar-refractivity contribution in [1.29, 1.82) is 0 Å². The van der Waals surface area contributed by atoms with Crippen LogP contribution in [-0.2, 0) is 94.5 Å². The number of rotatable bonds is 39. The van der Waals surface area contributed by atoms with Crippen molar-refractivity contribution in [3.63, 3.8) is 0 Å². The molecule has 9 amide bonds. The van der Waals surface area contributed by atoms with Gasteiger partial charge in [-0.3, -0.25) is 62.5 Å². The van der Waals surface area contributed by atoms with Crippen LogP contribution in [0.5, 0.6) is 5.75 Å². The molecule has 3 aromatic carbocycles. The number of ether oxygens (including phenoxy) is 1. The van der Waals surface area contributed by atoms with E-state index in [1.165, 1.54) is 48.6 Å². The number of hydrogen-bond acceptors (Lipinski definition) is 17. The van der Waals surface area contributed by atoms with Gasteiger partial charge < -0.3 is 83.3 Å². The Hall–Kier alpha value is -11.3. The fourth-order valence-electron chi connectivity index (χ4n) is 12.6. The number of aromatic hydroxyl groups is 1. The van der Waals surface area contributed by atoms with E-state index in [2.05, 4.69) is 67.5 Å². The Morgan fingerprint density at radius 1 is 0.728 bits per heavy atom. The molecule has 6 aromatic rings. The molecule has 15 N–H and O–H groups in total. The number of phenolic OH excluding ortho intramolecular Hbond substituents is 1. The van der Waals surface area contributed by atoms with Crippen LogP contribution in [0.4, 0.5) is 0 Å². The number of aliphatic imine (C=N–C) groups is 1. The van der Waals surface area contributed by atoms with Crippen molar-refractivity contribution < 1.29 is 67.4 Å². The van der Waals surface area contributed by atoms with Crippen molar-refractivity contribution in [1.82, 2.24) is 71.9 Å². The first kappa shape index (κ1) is 77.5. The van der Waals surface area contributed by atoms with Crippen molar-refractivity contribution in [2.45, 2.75) is 160 Å². The zero-order valence-corrected chi connectivity index (χ0v) is 58.2. The molecular weight excluding hydrogens is 1330 g/mol. The minimum atomic E-state index is -1.79. The number of aromatic nitrogens is 5. The minimum Gasteiger partial charge on any atom is -0.508 e. The van der Waals surface area contributed by atoms with Crippen LogP contribution in [0.2, 0.25) is 0 Å². The van der Waals surface area contributed by atoms with Crippen molar-refractivity contribution >= 4 is 87.6 Å². The molecule has 5 heterocycles. The van der Waals surface area contributed by atoms with Crippen LogP contribution >= 0.6 is 0 Å². The Morgan fingerprint density at radius 2 is 1.41 bits per heavy atom. The number of para-hydroxylation sites is 1. The number of fused-ring (bicyclic) bond motifs is 1. The predicted octanol–water partition coefficient (Wildman–Crippen LogP) is 0.871. The molecule has 2 aliphatic rings. The quantitative estimate of drug-likeness (QED) is 0.0110. The number of benzene rings is 3. The molecule has 2 saturated heterocycles. The molecule has 0 spiro atoms. The van der Waals surface area contributed by atoms with E-state index in [0.717, 1.165) is 5.56 Å². The van der Waals surface area contributed by atoms with Crippen molar-refractivity contribution in [3.8, 4) is 5.75 Å². The number of carbonyl (C=O) groups excluding carboxylic acids is 12. The monoisotopic (exact) mass is 1420 g/mol. The number of H-pyrrole nitrogens is 2. The minimum absolute atomic E-state index is 0.0681. The largest absolute Gasteiger partial charge is 0.508 e. The predicted molar refractivity (Wildman–Crippen MR) is 377 cm³/mol. The number of esters is 1. The van der Waals surface area contributed by atoms with Gasteiger partial charge in [0.2, 0.25) is 53.2 Å². The average molecular weight is 1420 g/mol. The maximum Gasteiger partial charge on any atom is 0.325 e. The van der Waals surface area contributed by atoms with Gasteiger partial charge in [0.25, 0.3) is 0 Å². The van der Waals surface area contributed by atoms with Crippen LogP contribution in [-0.4, -0.2) is 186 Å². The first-order valence-electron chi connectivity index (χ1n) is 34.6. The van der Waals surface area contributed by atoms with Gasteiger partial charge in [0.05, 0.1) is 24.4 Å². The zero-order chi connectivity index (χ0) is 74.1. The summed E-state index contributed by atoms with van der Waals surface area (Å²) in [7, 11) is 0. The number of carbonyl (C=O) groups is 12. The molecule has 3 aromatic heterocycles. The summed E-state index contributed by atoms with van der Waals surface area (Å²) in [5.41, 5.74) is 14.6. The summed E-state index contributed by atoms with van der Waals surface area (Å²) >= 11 is 0. The summed E-state index contributed by atoms with van der Waals surface area (Å²) in [5.74, 6) is -11.3. The van der Waals surface area contributed by atoms with Gasteiger partial charge in [-0.15, -0.1) is 0 Å². The van der Waals surface area contributed by atoms with Crippen LogP contribution in [0, 0.1) is 17.8 Å². The average Bonchev–Trinajstić information content (AvgIpc) is 1.77. The number of guanidine groups is 1. The first-order chi connectivity index (χ1) is 49.4. The van der Waals surface area contributed by atoms with E-state index in [9.17, 15) is 43.5 Å². The molecule has 2 aliphatic heterocycles. The van der Waals surface area contributed by atoms with E-state index < -0.39 is 139 Å². The summed E-state index contributed by atoms with van der Waals surface area (Å²) in [5, 5.41) is 32.7. The highest BCUT2D eigenvalue weighted by atomic mass is 16.5. The SMILES string of the molecule is CCNC(=O)C1CCCN1C(=O)C(CCCN=C(N)N)NC(=O)C(CC(=O)C(Cc1cn(Cc2ccccc2)cn1)NC(=O)C(CC(=O)C(COC(=O)CNC(C)=O)NC(=O)C(Cc1c[nH]c2ccccc12)NC(=O)C(Cc1cnc[nH]1)NC(=O)C1CCC(=O)N1)Cc1ccc(O)cc1)CC(C)C. The lowest BCUT2D eigenvalue weighted by Gasteiger charge is -2.30. The molecule has 31 heteroatoms. The Labute approximate surface area is 595 Å². The molecule has 2 fully saturated rings. The highest BCUT2D eigenvalue weighted by Gasteiger charge is 2.40. The number of Topliss-reactive ketones (excluding diaryl/α,β-unsaturated/α-hetero) is 2. The topological polar surface area (TPSA) is 460 Å². The van der Waals surface area contributed by atoms with Crippen molar-refractivity contribution in [2.75, 3.05) is 32.8 Å². The zero-order valence-electron chi connectivity index (χ0n) is 58.2. The summed E-state index contributed by atoms with van der Waals surface area (Å²) < 4.78 is 7.33. The second-order valence-corrected chi connectivity index (χ2v) is 26.4. The summed E-state index contributed by atoms with van der Waals surface area (Å²) in [6.07, 6.45) is 7.37. The summed E-state index contributed by atoms with van der Waals surface area (Å²) in [6.45, 7) is 6.25. The van der Waals surface area contributed by atoms with Gasteiger partial charge in [-0.1, -0.05) is 74.5 Å². The summed E-state index contributed by atoms with van der Waals surface area (Å²) in [6, 6.07) is 13.4. The Kier molecular flexibility index (Phi) is 28.5. The van der Waals surface area contributed by atoms with Crippen LogP contribution < -0.4 is 54.0 Å². The molecule has 550 valence electrons. The second kappa shape index (κ2) is 38.0. The normalized spacial score (nSPS) is 16.2. The number of nitrogens with zero attached hydrogens (tertiary/aromatic N) is 5. The second-order valence-electron chi connectivity index (χ2n) is 26.4. The van der Waals surface area contributed by atoms with Crippen LogP contribution in [0.15, 0.2) is 115 Å². The lowest BCUT2D eigenvalue weighted by Crippen LogP contribution is -2.58. The summed E-state index contributed by atoms with van der Waals surface area (Å²) in [4.78, 5) is 190. The lowest BCUT2D eigenvalue weighted by molar-refractivity contribution is -0.146. The van der Waals surface area contributed by atoms with Gasteiger partial charge in [-0.2, -0.15) is 0 Å². The fourth-order valence-corrected chi connectivity index (χ4v) is 12.6. The molecule has 0 radical (unpaired) electrons. The number of nitrogens with two attached hydrogens (primary N) is 2. The number of nitrogens with one attached hydrogen (secondary N) is 10. The molecule has 9 atom stereocenters. The van der Waals surface area contributed by atoms with E-state index in [0.29, 0.717) is 59.3 Å². The van der Waals surface area contributed by atoms with Crippen molar-refractivity contribution in [2.24, 2.45) is 34.2 Å². The maximum absolute atomic E-state index is 15.5. The van der Waals surface area contributed by atoms with Crippen LogP contribution in [0.1, 0.15) is 114 Å². The molecule has 31 nitrogen and oxygen atoms in total. The van der Waals surface area contributed by atoms with Gasteiger partial charge in [-0.25, -0.2) is 9.97 Å². The van der Waals surface area contributed by atoms with Crippen LogP contribution in [0.25, 0.3) is 10.9 Å². The maximum atomic E-state index is 15.5. The number of likely N-dealkylation sites (N-methyl/N-ethyl adjacent to an activating group) is 1. The van der Waals surface area contributed by atoms with E-state index in [1.54, 1.807) is 54.5 Å². The van der Waals surface area contributed by atoms with Gasteiger partial charge in [0, 0.05) is 119 Å².